The highest BCUT2D eigenvalue weighted by molar-refractivity contribution is 5.66. The van der Waals surface area contributed by atoms with E-state index in [4.69, 9.17) is 5.11 Å². The van der Waals surface area contributed by atoms with Crippen LogP contribution in [0.3, 0.4) is 0 Å². The van der Waals surface area contributed by atoms with Gasteiger partial charge < -0.3 is 15.5 Å². The van der Waals surface area contributed by atoms with Crippen molar-refractivity contribution in [1.82, 2.24) is 5.32 Å². The highest BCUT2D eigenvalue weighted by atomic mass is 16.4. The summed E-state index contributed by atoms with van der Waals surface area (Å²) in [5.74, 6) is -0.693. The zero-order chi connectivity index (χ0) is 17.2. The molecule has 1 unspecified atom stereocenters. The van der Waals surface area contributed by atoms with Crippen LogP contribution in [0.1, 0.15) is 96.8 Å². The van der Waals surface area contributed by atoms with E-state index in [9.17, 15) is 9.90 Å². The number of hydrogen-bond acceptors (Lipinski definition) is 3. The molecule has 4 nitrogen and oxygen atoms in total. The maximum atomic E-state index is 10.4. The van der Waals surface area contributed by atoms with Gasteiger partial charge in [-0.05, 0) is 25.8 Å². The molecule has 1 atom stereocenters. The van der Waals surface area contributed by atoms with Gasteiger partial charge >= 0.3 is 5.97 Å². The molecule has 0 aromatic heterocycles. The van der Waals surface area contributed by atoms with E-state index in [0.29, 0.717) is 13.0 Å². The third-order valence-electron chi connectivity index (χ3n) is 4.27. The molecule has 0 saturated heterocycles. The van der Waals surface area contributed by atoms with Crippen LogP contribution in [0.4, 0.5) is 0 Å². The average Bonchev–Trinajstić information content (AvgIpc) is 2.52. The quantitative estimate of drug-likeness (QED) is 0.324. The van der Waals surface area contributed by atoms with Gasteiger partial charge in [-0.3, -0.25) is 4.79 Å². The first kappa shape index (κ1) is 22.4. The Balaban J connectivity index is 3.16. The molecule has 0 fully saturated rings. The topological polar surface area (TPSA) is 69.6 Å². The van der Waals surface area contributed by atoms with Crippen molar-refractivity contribution in [2.75, 3.05) is 13.1 Å². The van der Waals surface area contributed by atoms with Crippen LogP contribution in [-0.2, 0) is 4.79 Å². The molecule has 0 bridgehead atoms. The first-order valence-corrected chi connectivity index (χ1v) is 9.77. The summed E-state index contributed by atoms with van der Waals surface area (Å²) in [7, 11) is 0. The summed E-state index contributed by atoms with van der Waals surface area (Å²) < 4.78 is 0. The maximum Gasteiger partial charge on any atom is 0.303 e. The average molecular weight is 330 g/mol. The van der Waals surface area contributed by atoms with Crippen LogP contribution in [0.2, 0.25) is 0 Å². The number of rotatable bonds is 18. The lowest BCUT2D eigenvalue weighted by atomic mass is 10.1. The summed E-state index contributed by atoms with van der Waals surface area (Å²) in [6, 6.07) is 0. The lowest BCUT2D eigenvalue weighted by Crippen LogP contribution is -2.27. The number of carboxylic acids is 1. The lowest BCUT2D eigenvalue weighted by molar-refractivity contribution is -0.137. The minimum absolute atomic E-state index is 0.220. The predicted octanol–water partition coefficient (Wildman–Crippen LogP) is 4.50. The number of unbranched alkanes of at least 4 members (excludes halogenated alkanes) is 10. The van der Waals surface area contributed by atoms with E-state index in [-0.39, 0.29) is 6.10 Å². The number of nitrogens with one attached hydrogen (secondary N) is 1. The predicted molar refractivity (Wildman–Crippen MR) is 96.8 cm³/mol. The minimum Gasteiger partial charge on any atom is -0.481 e. The second-order valence-electron chi connectivity index (χ2n) is 6.68. The molecule has 0 aliphatic carbocycles. The van der Waals surface area contributed by atoms with Gasteiger partial charge in [0.05, 0.1) is 6.10 Å². The Kier molecular flexibility index (Phi) is 17.3. The Morgan fingerprint density at radius 1 is 0.870 bits per heavy atom. The fourth-order valence-electron chi connectivity index (χ4n) is 2.76. The van der Waals surface area contributed by atoms with E-state index >= 15 is 0 Å². The molecule has 0 aliphatic heterocycles. The van der Waals surface area contributed by atoms with Gasteiger partial charge in [-0.2, -0.15) is 0 Å². The molecule has 0 saturated carbocycles. The van der Waals surface area contributed by atoms with Crippen molar-refractivity contribution in [2.24, 2.45) is 0 Å². The zero-order valence-electron chi connectivity index (χ0n) is 15.2. The van der Waals surface area contributed by atoms with Crippen LogP contribution in [-0.4, -0.2) is 35.4 Å². The summed E-state index contributed by atoms with van der Waals surface area (Å²) in [6.45, 7) is 3.97. The molecule has 4 heteroatoms. The third-order valence-corrected chi connectivity index (χ3v) is 4.27. The molecule has 0 heterocycles. The van der Waals surface area contributed by atoms with Crippen molar-refractivity contribution >= 4 is 5.97 Å². The maximum absolute atomic E-state index is 10.4. The Morgan fingerprint density at radius 2 is 1.43 bits per heavy atom. The molecule has 138 valence electrons. The Morgan fingerprint density at radius 3 is 2.09 bits per heavy atom. The highest BCUT2D eigenvalue weighted by Gasteiger charge is 2.03. The van der Waals surface area contributed by atoms with Crippen molar-refractivity contribution in [3.05, 3.63) is 0 Å². The molecule has 0 aromatic carbocycles. The monoisotopic (exact) mass is 329 g/mol. The van der Waals surface area contributed by atoms with E-state index in [2.05, 4.69) is 12.2 Å². The molecule has 0 spiro atoms. The van der Waals surface area contributed by atoms with Gasteiger partial charge in [0.25, 0.3) is 0 Å². The largest absolute Gasteiger partial charge is 0.481 e. The van der Waals surface area contributed by atoms with Gasteiger partial charge in [-0.1, -0.05) is 71.1 Å². The summed E-state index contributed by atoms with van der Waals surface area (Å²) in [5, 5.41) is 21.8. The Bertz CT molecular complexity index is 259. The molecule has 23 heavy (non-hydrogen) atoms. The van der Waals surface area contributed by atoms with E-state index in [0.717, 1.165) is 51.5 Å². The molecule has 0 rings (SSSR count). The fourth-order valence-corrected chi connectivity index (χ4v) is 2.76. The molecule has 0 aromatic rings. The van der Waals surface area contributed by atoms with Gasteiger partial charge in [0.1, 0.15) is 0 Å². The number of carboxylic acid groups (broad SMARTS) is 1. The van der Waals surface area contributed by atoms with Crippen LogP contribution in [0.15, 0.2) is 0 Å². The first-order valence-electron chi connectivity index (χ1n) is 9.77. The van der Waals surface area contributed by atoms with Crippen molar-refractivity contribution in [3.63, 3.8) is 0 Å². The smallest absolute Gasteiger partial charge is 0.303 e. The second-order valence-corrected chi connectivity index (χ2v) is 6.68. The van der Waals surface area contributed by atoms with Crippen molar-refractivity contribution in [1.29, 1.82) is 0 Å². The van der Waals surface area contributed by atoms with E-state index in [1.807, 2.05) is 0 Å². The third kappa shape index (κ3) is 19.3. The van der Waals surface area contributed by atoms with Gasteiger partial charge in [0, 0.05) is 13.0 Å². The number of aliphatic hydroxyl groups excluding tert-OH is 1. The molecule has 0 aliphatic rings. The van der Waals surface area contributed by atoms with Crippen LogP contribution in [0.25, 0.3) is 0 Å². The van der Waals surface area contributed by atoms with Gasteiger partial charge in [-0.15, -0.1) is 0 Å². The summed E-state index contributed by atoms with van der Waals surface area (Å²) in [6.07, 6.45) is 15.1. The van der Waals surface area contributed by atoms with Crippen LogP contribution >= 0.6 is 0 Å². The Hall–Kier alpha value is -0.610. The molecule has 0 radical (unpaired) electrons. The van der Waals surface area contributed by atoms with Crippen LogP contribution < -0.4 is 5.32 Å². The number of aliphatic hydroxyl groups is 1. The number of carbonyl (C=O) groups is 1. The standard InChI is InChI=1S/C19H39NO3/c1-2-3-4-5-10-13-16-20-17-18(21)14-11-8-6-7-9-12-15-19(22)23/h18,20-21H,2-17H2,1H3,(H,22,23). The molecular weight excluding hydrogens is 290 g/mol. The van der Waals surface area contributed by atoms with Gasteiger partial charge in [0.15, 0.2) is 0 Å². The SMILES string of the molecule is CCCCCCCCNCC(O)CCCCCCCCC(=O)O. The first-order chi connectivity index (χ1) is 11.2. The lowest BCUT2D eigenvalue weighted by Gasteiger charge is -2.11. The fraction of sp³-hybridized carbons (Fsp3) is 0.947. The van der Waals surface area contributed by atoms with Gasteiger partial charge in [-0.25, -0.2) is 0 Å². The molecule has 3 N–H and O–H groups in total. The number of aliphatic carboxylic acids is 1. The Labute approximate surface area is 143 Å². The van der Waals surface area contributed by atoms with Crippen LogP contribution in [0.5, 0.6) is 0 Å². The summed E-state index contributed by atoms with van der Waals surface area (Å²) in [5.41, 5.74) is 0. The minimum atomic E-state index is -0.693. The van der Waals surface area contributed by atoms with E-state index in [1.54, 1.807) is 0 Å². The van der Waals surface area contributed by atoms with Crippen molar-refractivity contribution < 1.29 is 15.0 Å². The number of hydrogen-bond donors (Lipinski definition) is 3. The van der Waals surface area contributed by atoms with E-state index < -0.39 is 5.97 Å². The second kappa shape index (κ2) is 17.7. The van der Waals surface area contributed by atoms with Gasteiger partial charge in [0.2, 0.25) is 0 Å². The molecule has 0 amide bonds. The van der Waals surface area contributed by atoms with Crippen molar-refractivity contribution in [2.45, 2.75) is 103 Å². The summed E-state index contributed by atoms with van der Waals surface area (Å²) >= 11 is 0. The highest BCUT2D eigenvalue weighted by Crippen LogP contribution is 2.10. The van der Waals surface area contributed by atoms with E-state index in [1.165, 1.54) is 38.5 Å². The normalized spacial score (nSPS) is 12.4. The molecular formula is C19H39NO3. The zero-order valence-corrected chi connectivity index (χ0v) is 15.2. The van der Waals surface area contributed by atoms with Crippen LogP contribution in [0, 0.1) is 0 Å². The van der Waals surface area contributed by atoms with Crippen molar-refractivity contribution in [3.8, 4) is 0 Å². The summed E-state index contributed by atoms with van der Waals surface area (Å²) in [4.78, 5) is 10.4.